The maximum atomic E-state index is 5.66. The fourth-order valence-electron chi connectivity index (χ4n) is 3.15. The second kappa shape index (κ2) is 10.7. The van der Waals surface area contributed by atoms with Gasteiger partial charge in [0.15, 0.2) is 0 Å². The number of rotatable bonds is 11. The van der Waals surface area contributed by atoms with E-state index >= 15 is 0 Å². The highest BCUT2D eigenvalue weighted by atomic mass is 16.5. The number of hydrogen-bond donors (Lipinski definition) is 0. The molecule has 2 aromatic carbocycles. The van der Waals surface area contributed by atoms with Crippen molar-refractivity contribution >= 4 is 0 Å². The molecule has 0 fully saturated rings. The third kappa shape index (κ3) is 5.52. The smallest absolute Gasteiger partial charge is 0.0963 e. The van der Waals surface area contributed by atoms with E-state index in [0.717, 1.165) is 56.9 Å². The topological polar surface area (TPSA) is 36.3 Å². The van der Waals surface area contributed by atoms with Crippen LogP contribution >= 0.6 is 0 Å². The first kappa shape index (κ1) is 19.3. The molecular formula is C23H28N2O2. The molecule has 3 aromatic rings. The molecule has 0 spiro atoms. The standard InChI is InChI=1S/C23H28N2O2/c1-26-16-10-18-27-17-9-8-15-25-19-24-22(20-11-4-2-5-12-20)23(25)21-13-6-3-7-14-21/h2-7,11-14,19H,8-10,15-18H2,1H3. The summed E-state index contributed by atoms with van der Waals surface area (Å²) >= 11 is 0. The molecule has 0 saturated carbocycles. The molecule has 0 atom stereocenters. The highest BCUT2D eigenvalue weighted by Crippen LogP contribution is 2.31. The minimum atomic E-state index is 0.762. The van der Waals surface area contributed by atoms with Crippen molar-refractivity contribution < 1.29 is 9.47 Å². The quantitative estimate of drug-likeness (QED) is 0.447. The summed E-state index contributed by atoms with van der Waals surface area (Å²) in [5.74, 6) is 0. The predicted molar refractivity (Wildman–Crippen MR) is 110 cm³/mol. The average Bonchev–Trinajstić information content (AvgIpc) is 3.15. The fourth-order valence-corrected chi connectivity index (χ4v) is 3.15. The number of benzene rings is 2. The van der Waals surface area contributed by atoms with Crippen molar-refractivity contribution in [2.75, 3.05) is 26.9 Å². The summed E-state index contributed by atoms with van der Waals surface area (Å²) in [4.78, 5) is 4.73. The lowest BCUT2D eigenvalue weighted by atomic mass is 10.0. The number of nitrogens with zero attached hydrogens (tertiary/aromatic N) is 2. The highest BCUT2D eigenvalue weighted by Gasteiger charge is 2.14. The first-order valence-electron chi connectivity index (χ1n) is 9.63. The molecule has 0 N–H and O–H groups in total. The van der Waals surface area contributed by atoms with Crippen LogP contribution in [0.2, 0.25) is 0 Å². The summed E-state index contributed by atoms with van der Waals surface area (Å²) in [6.07, 6.45) is 5.02. The zero-order chi connectivity index (χ0) is 18.7. The van der Waals surface area contributed by atoms with E-state index in [0.29, 0.717) is 0 Å². The van der Waals surface area contributed by atoms with Gasteiger partial charge in [0.2, 0.25) is 0 Å². The molecule has 142 valence electrons. The Morgan fingerprint density at radius 3 is 2.15 bits per heavy atom. The minimum absolute atomic E-state index is 0.762. The molecule has 0 saturated heterocycles. The van der Waals surface area contributed by atoms with Crippen molar-refractivity contribution in [3.8, 4) is 22.5 Å². The maximum absolute atomic E-state index is 5.66. The fraction of sp³-hybridized carbons (Fsp3) is 0.348. The molecule has 0 bridgehead atoms. The van der Waals surface area contributed by atoms with Crippen LogP contribution in [0, 0.1) is 0 Å². The Morgan fingerprint density at radius 2 is 1.44 bits per heavy atom. The van der Waals surface area contributed by atoms with E-state index in [-0.39, 0.29) is 0 Å². The van der Waals surface area contributed by atoms with Gasteiger partial charge in [0.25, 0.3) is 0 Å². The van der Waals surface area contributed by atoms with Crippen LogP contribution < -0.4 is 0 Å². The summed E-state index contributed by atoms with van der Waals surface area (Å²) in [5, 5.41) is 0. The van der Waals surface area contributed by atoms with Gasteiger partial charge >= 0.3 is 0 Å². The van der Waals surface area contributed by atoms with Crippen LogP contribution in [0.5, 0.6) is 0 Å². The van der Waals surface area contributed by atoms with Crippen molar-refractivity contribution in [3.63, 3.8) is 0 Å². The second-order valence-corrected chi connectivity index (χ2v) is 6.53. The molecule has 1 aromatic heterocycles. The molecule has 0 aliphatic heterocycles. The normalized spacial score (nSPS) is 11.0. The van der Waals surface area contributed by atoms with Crippen LogP contribution in [0.1, 0.15) is 19.3 Å². The van der Waals surface area contributed by atoms with Gasteiger partial charge in [-0.25, -0.2) is 4.98 Å². The Balaban J connectivity index is 1.66. The van der Waals surface area contributed by atoms with Gasteiger partial charge in [-0.05, 0) is 19.3 Å². The van der Waals surface area contributed by atoms with Crippen LogP contribution in [0.4, 0.5) is 0 Å². The summed E-state index contributed by atoms with van der Waals surface area (Å²) in [7, 11) is 1.72. The van der Waals surface area contributed by atoms with E-state index < -0.39 is 0 Å². The van der Waals surface area contributed by atoms with Gasteiger partial charge in [0, 0.05) is 44.6 Å². The number of aryl methyl sites for hydroxylation is 1. The number of hydrogen-bond acceptors (Lipinski definition) is 3. The molecular weight excluding hydrogens is 336 g/mol. The zero-order valence-corrected chi connectivity index (χ0v) is 16.0. The van der Waals surface area contributed by atoms with E-state index in [1.54, 1.807) is 7.11 Å². The van der Waals surface area contributed by atoms with E-state index in [4.69, 9.17) is 14.5 Å². The summed E-state index contributed by atoms with van der Waals surface area (Å²) in [6.45, 7) is 3.26. The average molecular weight is 364 g/mol. The van der Waals surface area contributed by atoms with E-state index in [9.17, 15) is 0 Å². The molecule has 0 aliphatic carbocycles. The number of ether oxygens (including phenoxy) is 2. The Hall–Kier alpha value is -2.43. The Morgan fingerprint density at radius 1 is 0.778 bits per heavy atom. The lowest BCUT2D eigenvalue weighted by molar-refractivity contribution is 0.0999. The maximum Gasteiger partial charge on any atom is 0.0963 e. The molecule has 4 nitrogen and oxygen atoms in total. The van der Waals surface area contributed by atoms with Gasteiger partial charge in [-0.1, -0.05) is 60.7 Å². The van der Waals surface area contributed by atoms with Crippen LogP contribution in [0.15, 0.2) is 67.0 Å². The van der Waals surface area contributed by atoms with E-state index in [2.05, 4.69) is 53.1 Å². The molecule has 27 heavy (non-hydrogen) atoms. The summed E-state index contributed by atoms with van der Waals surface area (Å²) in [5.41, 5.74) is 4.57. The molecule has 0 unspecified atom stereocenters. The third-order valence-electron chi connectivity index (χ3n) is 4.51. The number of methoxy groups -OCH3 is 1. The first-order chi connectivity index (χ1) is 13.4. The van der Waals surface area contributed by atoms with Gasteiger partial charge in [-0.15, -0.1) is 0 Å². The lowest BCUT2D eigenvalue weighted by Crippen LogP contribution is -2.03. The zero-order valence-electron chi connectivity index (χ0n) is 16.0. The third-order valence-corrected chi connectivity index (χ3v) is 4.51. The summed E-state index contributed by atoms with van der Waals surface area (Å²) < 4.78 is 13.0. The molecule has 0 aliphatic rings. The molecule has 3 rings (SSSR count). The minimum Gasteiger partial charge on any atom is -0.385 e. The molecule has 4 heteroatoms. The van der Waals surface area contributed by atoms with E-state index in [1.165, 1.54) is 11.3 Å². The first-order valence-corrected chi connectivity index (χ1v) is 9.63. The van der Waals surface area contributed by atoms with Crippen LogP contribution in [-0.4, -0.2) is 36.5 Å². The van der Waals surface area contributed by atoms with Gasteiger partial charge in [-0.3, -0.25) is 0 Å². The number of imidazole rings is 1. The second-order valence-electron chi connectivity index (χ2n) is 6.53. The monoisotopic (exact) mass is 364 g/mol. The van der Waals surface area contributed by atoms with Crippen LogP contribution in [0.25, 0.3) is 22.5 Å². The Kier molecular flexibility index (Phi) is 7.63. The number of unbranched alkanes of at least 4 members (excludes halogenated alkanes) is 1. The van der Waals surface area contributed by atoms with Crippen molar-refractivity contribution in [2.24, 2.45) is 0 Å². The van der Waals surface area contributed by atoms with Crippen molar-refractivity contribution in [3.05, 3.63) is 67.0 Å². The predicted octanol–water partition coefficient (Wildman–Crippen LogP) is 5.05. The summed E-state index contributed by atoms with van der Waals surface area (Å²) in [6, 6.07) is 20.9. The van der Waals surface area contributed by atoms with Gasteiger partial charge in [0.05, 0.1) is 17.7 Å². The lowest BCUT2D eigenvalue weighted by Gasteiger charge is -2.11. The molecule has 0 amide bonds. The van der Waals surface area contributed by atoms with Crippen LogP contribution in [0.3, 0.4) is 0 Å². The van der Waals surface area contributed by atoms with Crippen molar-refractivity contribution in [1.29, 1.82) is 0 Å². The van der Waals surface area contributed by atoms with Crippen molar-refractivity contribution in [1.82, 2.24) is 9.55 Å². The van der Waals surface area contributed by atoms with Gasteiger partial charge in [0.1, 0.15) is 0 Å². The van der Waals surface area contributed by atoms with Gasteiger partial charge < -0.3 is 14.0 Å². The largest absolute Gasteiger partial charge is 0.385 e. The molecule has 1 heterocycles. The highest BCUT2D eigenvalue weighted by molar-refractivity contribution is 5.78. The Bertz CT molecular complexity index is 785. The van der Waals surface area contributed by atoms with Gasteiger partial charge in [-0.2, -0.15) is 0 Å². The Labute approximate surface area is 161 Å². The molecule has 0 radical (unpaired) electrons. The van der Waals surface area contributed by atoms with E-state index in [1.807, 2.05) is 18.5 Å². The van der Waals surface area contributed by atoms with Crippen molar-refractivity contribution in [2.45, 2.75) is 25.8 Å². The number of aromatic nitrogens is 2. The van der Waals surface area contributed by atoms with Crippen LogP contribution in [-0.2, 0) is 16.0 Å². The SMILES string of the molecule is COCCCOCCCCn1cnc(-c2ccccc2)c1-c1ccccc1.